The van der Waals surface area contributed by atoms with Crippen LogP contribution in [0.4, 0.5) is 20.0 Å². The van der Waals surface area contributed by atoms with Crippen LogP contribution in [0, 0.1) is 5.82 Å². The summed E-state index contributed by atoms with van der Waals surface area (Å²) in [4.78, 5) is 22.9. The van der Waals surface area contributed by atoms with Crippen LogP contribution in [0.15, 0.2) is 41.3 Å². The summed E-state index contributed by atoms with van der Waals surface area (Å²) in [5.41, 5.74) is 0.293. The first-order chi connectivity index (χ1) is 11.6. The molecule has 126 valence electrons. The molecule has 0 aliphatic carbocycles. The van der Waals surface area contributed by atoms with Gasteiger partial charge in [-0.05, 0) is 12.1 Å². The fraction of sp³-hybridized carbons (Fsp3) is 0.143. The van der Waals surface area contributed by atoms with Crippen LogP contribution in [-0.4, -0.2) is 34.4 Å². The number of carbonyl (C=O) groups excluding carboxylic acids is 2. The first-order valence-electron chi connectivity index (χ1n) is 6.75. The molecule has 3 amide bonds. The molecular weight excluding hydrogens is 353 g/mol. The van der Waals surface area contributed by atoms with Gasteiger partial charge in [0.2, 0.25) is 11.0 Å². The Kier molecular flexibility index (Phi) is 6.70. The number of anilines is 2. The van der Waals surface area contributed by atoms with Crippen molar-refractivity contribution in [2.45, 2.75) is 4.34 Å². The number of aromatic nitrogens is 2. The lowest BCUT2D eigenvalue weighted by Gasteiger charge is -2.03. The number of halogens is 1. The minimum absolute atomic E-state index is 0.00976. The molecule has 0 aliphatic heterocycles. The van der Waals surface area contributed by atoms with E-state index in [1.807, 2.05) is 0 Å². The van der Waals surface area contributed by atoms with Crippen LogP contribution in [0.25, 0.3) is 0 Å². The molecule has 1 aromatic carbocycles. The zero-order valence-electron chi connectivity index (χ0n) is 12.4. The van der Waals surface area contributed by atoms with E-state index in [0.29, 0.717) is 15.2 Å². The highest BCUT2D eigenvalue weighted by Crippen LogP contribution is 2.28. The van der Waals surface area contributed by atoms with Crippen molar-refractivity contribution in [3.63, 3.8) is 0 Å². The van der Waals surface area contributed by atoms with Crippen molar-refractivity contribution < 1.29 is 14.0 Å². The second-order valence-corrected chi connectivity index (χ2v) is 6.51. The fourth-order valence-corrected chi connectivity index (χ4v) is 3.06. The highest BCUT2D eigenvalue weighted by atomic mass is 32.2. The second-order valence-electron chi connectivity index (χ2n) is 4.31. The number of rotatable bonds is 7. The SMILES string of the molecule is C=CCNC(=O)NC(=O)CSc1nnc(Nc2ccccc2F)s1. The lowest BCUT2D eigenvalue weighted by Crippen LogP contribution is -2.40. The Morgan fingerprint density at radius 3 is 2.88 bits per heavy atom. The minimum Gasteiger partial charge on any atom is -0.334 e. The van der Waals surface area contributed by atoms with Gasteiger partial charge >= 0.3 is 6.03 Å². The third-order valence-electron chi connectivity index (χ3n) is 2.51. The highest BCUT2D eigenvalue weighted by molar-refractivity contribution is 8.01. The third-order valence-corrected chi connectivity index (χ3v) is 4.48. The number of carbonyl (C=O) groups is 2. The summed E-state index contributed by atoms with van der Waals surface area (Å²) in [6.45, 7) is 3.72. The van der Waals surface area contributed by atoms with E-state index in [-0.39, 0.29) is 12.3 Å². The van der Waals surface area contributed by atoms with Crippen molar-refractivity contribution in [2.75, 3.05) is 17.6 Å². The summed E-state index contributed by atoms with van der Waals surface area (Å²) in [6.07, 6.45) is 1.50. The lowest BCUT2D eigenvalue weighted by molar-refractivity contribution is -0.117. The van der Waals surface area contributed by atoms with Crippen LogP contribution in [-0.2, 0) is 4.79 Å². The van der Waals surface area contributed by atoms with Crippen molar-refractivity contribution in [3.05, 3.63) is 42.7 Å². The molecule has 0 spiro atoms. The number of nitrogens with one attached hydrogen (secondary N) is 3. The molecule has 10 heteroatoms. The first-order valence-corrected chi connectivity index (χ1v) is 8.55. The van der Waals surface area contributed by atoms with Crippen molar-refractivity contribution in [1.29, 1.82) is 0 Å². The number of benzene rings is 1. The van der Waals surface area contributed by atoms with Gasteiger partial charge in [0, 0.05) is 6.54 Å². The van der Waals surface area contributed by atoms with Crippen LogP contribution in [0.3, 0.4) is 0 Å². The standard InChI is InChI=1S/C14H14FN5O2S2/c1-2-7-16-12(22)18-11(21)8-23-14-20-19-13(24-14)17-10-6-4-3-5-9(10)15/h2-6H,1,7-8H2,(H,17,19)(H2,16,18,21,22). The molecule has 0 radical (unpaired) electrons. The van der Waals surface area contributed by atoms with Gasteiger partial charge < -0.3 is 10.6 Å². The van der Waals surface area contributed by atoms with Crippen LogP contribution >= 0.6 is 23.1 Å². The summed E-state index contributed by atoms with van der Waals surface area (Å²) in [5, 5.41) is 15.6. The van der Waals surface area contributed by atoms with Crippen molar-refractivity contribution in [2.24, 2.45) is 0 Å². The zero-order chi connectivity index (χ0) is 17.4. The molecule has 2 aromatic rings. The van der Waals surface area contributed by atoms with Gasteiger partial charge in [-0.25, -0.2) is 9.18 Å². The predicted molar refractivity (Wildman–Crippen MR) is 92.1 cm³/mol. The monoisotopic (exact) mass is 367 g/mol. The molecular formula is C14H14FN5O2S2. The third kappa shape index (κ3) is 5.63. The quantitative estimate of drug-likeness (QED) is 0.514. The number of imide groups is 1. The highest BCUT2D eigenvalue weighted by Gasteiger charge is 2.11. The average molecular weight is 367 g/mol. The van der Waals surface area contributed by atoms with Crippen molar-refractivity contribution in [3.8, 4) is 0 Å². The molecule has 0 saturated heterocycles. The Morgan fingerprint density at radius 2 is 2.12 bits per heavy atom. The van der Waals surface area contributed by atoms with Gasteiger partial charge in [-0.15, -0.1) is 16.8 Å². The Balaban J connectivity index is 1.81. The molecule has 0 aliphatic rings. The fourth-order valence-electron chi connectivity index (χ4n) is 1.50. The molecule has 0 bridgehead atoms. The average Bonchev–Trinajstić information content (AvgIpc) is 3.01. The summed E-state index contributed by atoms with van der Waals surface area (Å²) in [7, 11) is 0. The van der Waals surface area contributed by atoms with Crippen molar-refractivity contribution in [1.82, 2.24) is 20.8 Å². The maximum absolute atomic E-state index is 13.5. The number of para-hydroxylation sites is 1. The molecule has 0 fully saturated rings. The smallest absolute Gasteiger partial charge is 0.321 e. The number of thioether (sulfide) groups is 1. The van der Waals surface area contributed by atoms with E-state index in [2.05, 4.69) is 32.7 Å². The number of urea groups is 1. The molecule has 1 aromatic heterocycles. The van der Waals surface area contributed by atoms with Crippen molar-refractivity contribution >= 4 is 45.9 Å². The normalized spacial score (nSPS) is 10.0. The van der Waals surface area contributed by atoms with Gasteiger partial charge in [0.05, 0.1) is 11.4 Å². The molecule has 3 N–H and O–H groups in total. The summed E-state index contributed by atoms with van der Waals surface area (Å²) < 4.78 is 14.1. The van der Waals surface area contributed by atoms with Crippen LogP contribution in [0.1, 0.15) is 0 Å². The van der Waals surface area contributed by atoms with E-state index in [4.69, 9.17) is 0 Å². The van der Waals surface area contributed by atoms with Gasteiger partial charge in [0.15, 0.2) is 4.34 Å². The number of hydrogen-bond acceptors (Lipinski definition) is 7. The van der Waals surface area contributed by atoms with Gasteiger partial charge in [-0.2, -0.15) is 0 Å². The second kappa shape index (κ2) is 8.99. The van der Waals surface area contributed by atoms with E-state index in [0.717, 1.165) is 11.8 Å². The summed E-state index contributed by atoms with van der Waals surface area (Å²) >= 11 is 2.31. The largest absolute Gasteiger partial charge is 0.334 e. The molecule has 0 saturated carbocycles. The Labute approximate surface area is 145 Å². The lowest BCUT2D eigenvalue weighted by atomic mass is 10.3. The molecule has 2 rings (SSSR count). The number of amides is 3. The maximum Gasteiger partial charge on any atom is 0.321 e. The summed E-state index contributed by atoms with van der Waals surface area (Å²) in [6, 6.07) is 5.62. The molecule has 1 heterocycles. The predicted octanol–water partition coefficient (Wildman–Crippen LogP) is 2.52. The molecule has 7 nitrogen and oxygen atoms in total. The van der Waals surface area contributed by atoms with Gasteiger partial charge in [-0.3, -0.25) is 10.1 Å². The molecule has 0 unspecified atom stereocenters. The number of nitrogens with zero attached hydrogens (tertiary/aromatic N) is 2. The summed E-state index contributed by atoms with van der Waals surface area (Å²) in [5.74, 6) is -0.845. The van der Waals surface area contributed by atoms with E-state index >= 15 is 0 Å². The van der Waals surface area contributed by atoms with Crippen LogP contribution in [0.5, 0.6) is 0 Å². The van der Waals surface area contributed by atoms with E-state index in [1.54, 1.807) is 18.2 Å². The van der Waals surface area contributed by atoms with E-state index in [9.17, 15) is 14.0 Å². The van der Waals surface area contributed by atoms with E-state index < -0.39 is 17.8 Å². The molecule has 0 atom stereocenters. The topological polar surface area (TPSA) is 96.0 Å². The van der Waals surface area contributed by atoms with Crippen LogP contribution < -0.4 is 16.0 Å². The van der Waals surface area contributed by atoms with E-state index in [1.165, 1.54) is 23.5 Å². The van der Waals surface area contributed by atoms with Gasteiger partial charge in [-0.1, -0.05) is 41.3 Å². The minimum atomic E-state index is -0.584. The van der Waals surface area contributed by atoms with Crippen LogP contribution in [0.2, 0.25) is 0 Å². The molecule has 24 heavy (non-hydrogen) atoms. The Morgan fingerprint density at radius 1 is 1.33 bits per heavy atom. The first kappa shape index (κ1) is 17.9. The zero-order valence-corrected chi connectivity index (χ0v) is 14.0. The van der Waals surface area contributed by atoms with Gasteiger partial charge in [0.25, 0.3) is 0 Å². The van der Waals surface area contributed by atoms with Gasteiger partial charge in [0.1, 0.15) is 5.82 Å². The maximum atomic E-state index is 13.5. The number of hydrogen-bond donors (Lipinski definition) is 3. The Hall–Kier alpha value is -2.46. The Bertz CT molecular complexity index is 737.